The van der Waals surface area contributed by atoms with Crippen molar-refractivity contribution in [3.8, 4) is 0 Å². The summed E-state index contributed by atoms with van der Waals surface area (Å²) in [5, 5.41) is 3.23. The standard InChI is InChI=1S/C14H28N2O/c1-3-5-6-7-8-9-10-14(17)16(4-2)13-11-15-12-13/h13,15H,3-12H2,1-2H3. The predicted octanol–water partition coefficient (Wildman–Crippen LogP) is 2.56. The molecule has 1 aliphatic rings. The minimum Gasteiger partial charge on any atom is -0.337 e. The van der Waals surface area contributed by atoms with Crippen molar-refractivity contribution in [2.45, 2.75) is 64.8 Å². The second kappa shape index (κ2) is 8.51. The SMILES string of the molecule is CCCCCCCCC(=O)N(CC)C1CNC1. The van der Waals surface area contributed by atoms with E-state index in [0.29, 0.717) is 11.9 Å². The van der Waals surface area contributed by atoms with Gasteiger partial charge in [0.1, 0.15) is 0 Å². The first kappa shape index (κ1) is 14.5. The van der Waals surface area contributed by atoms with E-state index >= 15 is 0 Å². The number of amides is 1. The first-order chi connectivity index (χ1) is 8.29. The van der Waals surface area contributed by atoms with E-state index in [-0.39, 0.29) is 0 Å². The summed E-state index contributed by atoms with van der Waals surface area (Å²) in [7, 11) is 0. The molecule has 0 aliphatic carbocycles. The Morgan fingerprint density at radius 2 is 1.76 bits per heavy atom. The minimum absolute atomic E-state index is 0.356. The topological polar surface area (TPSA) is 32.3 Å². The minimum atomic E-state index is 0.356. The van der Waals surface area contributed by atoms with E-state index < -0.39 is 0 Å². The van der Waals surface area contributed by atoms with Crippen molar-refractivity contribution in [3.05, 3.63) is 0 Å². The Balaban J connectivity index is 2.06. The van der Waals surface area contributed by atoms with Crippen molar-refractivity contribution in [1.29, 1.82) is 0 Å². The van der Waals surface area contributed by atoms with Gasteiger partial charge in [-0.15, -0.1) is 0 Å². The molecule has 0 spiro atoms. The molecule has 0 atom stereocenters. The number of hydrogen-bond donors (Lipinski definition) is 1. The number of nitrogens with one attached hydrogen (secondary N) is 1. The van der Waals surface area contributed by atoms with Gasteiger partial charge in [0, 0.05) is 26.1 Å². The Kier molecular flexibility index (Phi) is 7.25. The molecule has 1 heterocycles. The van der Waals surface area contributed by atoms with Gasteiger partial charge in [-0.3, -0.25) is 4.79 Å². The molecule has 0 saturated carbocycles. The Bertz CT molecular complexity index is 214. The molecular formula is C14H28N2O. The zero-order valence-corrected chi connectivity index (χ0v) is 11.5. The summed E-state index contributed by atoms with van der Waals surface area (Å²) < 4.78 is 0. The van der Waals surface area contributed by atoms with Crippen molar-refractivity contribution in [2.75, 3.05) is 19.6 Å². The molecule has 0 aromatic heterocycles. The fraction of sp³-hybridized carbons (Fsp3) is 0.929. The lowest BCUT2D eigenvalue weighted by Gasteiger charge is -2.37. The van der Waals surface area contributed by atoms with Crippen molar-refractivity contribution in [2.24, 2.45) is 0 Å². The first-order valence-corrected chi connectivity index (χ1v) is 7.29. The fourth-order valence-electron chi connectivity index (χ4n) is 2.33. The first-order valence-electron chi connectivity index (χ1n) is 7.29. The summed E-state index contributed by atoms with van der Waals surface area (Å²) in [6.07, 6.45) is 8.27. The lowest BCUT2D eigenvalue weighted by molar-refractivity contribution is -0.134. The van der Waals surface area contributed by atoms with E-state index in [1.54, 1.807) is 0 Å². The highest BCUT2D eigenvalue weighted by atomic mass is 16.2. The third-order valence-electron chi connectivity index (χ3n) is 3.61. The maximum atomic E-state index is 12.0. The van der Waals surface area contributed by atoms with E-state index in [0.717, 1.165) is 32.5 Å². The summed E-state index contributed by atoms with van der Waals surface area (Å²) >= 11 is 0. The van der Waals surface area contributed by atoms with Crippen LogP contribution >= 0.6 is 0 Å². The van der Waals surface area contributed by atoms with Crippen LogP contribution in [0, 0.1) is 0 Å². The molecular weight excluding hydrogens is 212 g/mol. The van der Waals surface area contributed by atoms with Gasteiger partial charge in [0.05, 0.1) is 6.04 Å². The van der Waals surface area contributed by atoms with Gasteiger partial charge in [0.25, 0.3) is 0 Å². The second-order valence-electron chi connectivity index (χ2n) is 5.01. The van der Waals surface area contributed by atoms with Crippen LogP contribution in [0.1, 0.15) is 58.8 Å². The quantitative estimate of drug-likeness (QED) is 0.628. The van der Waals surface area contributed by atoms with Gasteiger partial charge in [-0.25, -0.2) is 0 Å². The Labute approximate surface area is 106 Å². The molecule has 0 radical (unpaired) electrons. The summed E-state index contributed by atoms with van der Waals surface area (Å²) in [5.41, 5.74) is 0. The van der Waals surface area contributed by atoms with Crippen LogP contribution in [-0.4, -0.2) is 36.5 Å². The van der Waals surface area contributed by atoms with Gasteiger partial charge in [0.15, 0.2) is 0 Å². The zero-order valence-electron chi connectivity index (χ0n) is 11.5. The van der Waals surface area contributed by atoms with Crippen molar-refractivity contribution < 1.29 is 4.79 Å². The Morgan fingerprint density at radius 3 is 2.29 bits per heavy atom. The maximum absolute atomic E-state index is 12.0. The Morgan fingerprint density at radius 1 is 1.12 bits per heavy atom. The number of carbonyl (C=O) groups is 1. The average molecular weight is 240 g/mol. The zero-order chi connectivity index (χ0) is 12.5. The van der Waals surface area contributed by atoms with Gasteiger partial charge in [0.2, 0.25) is 5.91 Å². The van der Waals surface area contributed by atoms with E-state index in [1.807, 2.05) is 4.90 Å². The molecule has 0 bridgehead atoms. The Hall–Kier alpha value is -0.570. The largest absolute Gasteiger partial charge is 0.337 e. The number of unbranched alkanes of at least 4 members (excludes halogenated alkanes) is 5. The van der Waals surface area contributed by atoms with Gasteiger partial charge < -0.3 is 10.2 Å². The average Bonchev–Trinajstić information content (AvgIpc) is 2.27. The summed E-state index contributed by atoms with van der Waals surface area (Å²) in [5.74, 6) is 0.356. The van der Waals surface area contributed by atoms with Crippen LogP contribution in [0.4, 0.5) is 0 Å². The summed E-state index contributed by atoms with van der Waals surface area (Å²) in [4.78, 5) is 14.0. The van der Waals surface area contributed by atoms with E-state index in [2.05, 4.69) is 19.2 Å². The molecule has 1 aliphatic heterocycles. The van der Waals surface area contributed by atoms with Crippen LogP contribution in [0.15, 0.2) is 0 Å². The number of rotatable bonds is 9. The van der Waals surface area contributed by atoms with E-state index in [9.17, 15) is 4.79 Å². The van der Waals surface area contributed by atoms with Crippen LogP contribution in [0.25, 0.3) is 0 Å². The monoisotopic (exact) mass is 240 g/mol. The predicted molar refractivity (Wildman–Crippen MR) is 72.0 cm³/mol. The van der Waals surface area contributed by atoms with Crippen LogP contribution in [-0.2, 0) is 4.79 Å². The highest BCUT2D eigenvalue weighted by Gasteiger charge is 2.26. The second-order valence-corrected chi connectivity index (χ2v) is 5.01. The molecule has 0 aromatic carbocycles. The molecule has 1 saturated heterocycles. The molecule has 100 valence electrons. The van der Waals surface area contributed by atoms with Crippen LogP contribution in [0.2, 0.25) is 0 Å². The molecule has 1 N–H and O–H groups in total. The van der Waals surface area contributed by atoms with E-state index in [1.165, 1.54) is 32.1 Å². The molecule has 1 rings (SSSR count). The molecule has 1 fully saturated rings. The molecule has 0 aromatic rings. The molecule has 0 unspecified atom stereocenters. The van der Waals surface area contributed by atoms with Crippen molar-refractivity contribution in [3.63, 3.8) is 0 Å². The smallest absolute Gasteiger partial charge is 0.222 e. The number of carbonyl (C=O) groups excluding carboxylic acids is 1. The highest BCUT2D eigenvalue weighted by molar-refractivity contribution is 5.76. The maximum Gasteiger partial charge on any atom is 0.222 e. The van der Waals surface area contributed by atoms with E-state index in [4.69, 9.17) is 0 Å². The third-order valence-corrected chi connectivity index (χ3v) is 3.61. The molecule has 1 amide bonds. The van der Waals surface area contributed by atoms with Gasteiger partial charge >= 0.3 is 0 Å². The molecule has 3 heteroatoms. The molecule has 3 nitrogen and oxygen atoms in total. The van der Waals surface area contributed by atoms with Crippen molar-refractivity contribution in [1.82, 2.24) is 10.2 Å². The van der Waals surface area contributed by atoms with Gasteiger partial charge in [-0.2, -0.15) is 0 Å². The van der Waals surface area contributed by atoms with Crippen LogP contribution in [0.3, 0.4) is 0 Å². The number of likely N-dealkylation sites (N-methyl/N-ethyl adjacent to an activating group) is 1. The lowest BCUT2D eigenvalue weighted by Crippen LogP contribution is -2.58. The van der Waals surface area contributed by atoms with Crippen molar-refractivity contribution >= 4 is 5.91 Å². The normalized spacial score (nSPS) is 15.6. The third kappa shape index (κ3) is 5.07. The number of hydrogen-bond acceptors (Lipinski definition) is 2. The van der Waals surface area contributed by atoms with Gasteiger partial charge in [-0.05, 0) is 13.3 Å². The summed E-state index contributed by atoms with van der Waals surface area (Å²) in [6.45, 7) is 7.14. The van der Waals surface area contributed by atoms with Crippen LogP contribution < -0.4 is 5.32 Å². The van der Waals surface area contributed by atoms with Crippen LogP contribution in [0.5, 0.6) is 0 Å². The fourth-order valence-corrected chi connectivity index (χ4v) is 2.33. The van der Waals surface area contributed by atoms with Gasteiger partial charge in [-0.1, -0.05) is 39.0 Å². The summed E-state index contributed by atoms with van der Waals surface area (Å²) in [6, 6.07) is 0.465. The number of nitrogens with zero attached hydrogens (tertiary/aromatic N) is 1. The lowest BCUT2D eigenvalue weighted by atomic mass is 10.1. The highest BCUT2D eigenvalue weighted by Crippen LogP contribution is 2.11. The molecule has 17 heavy (non-hydrogen) atoms.